The molecule has 3 N–H and O–H groups in total. The molecule has 0 aromatic heterocycles. The summed E-state index contributed by atoms with van der Waals surface area (Å²) in [7, 11) is 0. The first kappa shape index (κ1) is 13.4. The Bertz CT molecular complexity index is 559. The van der Waals surface area contributed by atoms with Crippen molar-refractivity contribution >= 4 is 33.2 Å². The van der Waals surface area contributed by atoms with E-state index in [4.69, 9.17) is 17.3 Å². The van der Waals surface area contributed by atoms with Crippen LogP contribution < -0.4 is 5.73 Å². The fourth-order valence-corrected chi connectivity index (χ4v) is 2.57. The fraction of sp³-hybridized carbons (Fsp3) is 0.143. The number of aliphatic hydroxyl groups excluding tert-OH is 1. The summed E-state index contributed by atoms with van der Waals surface area (Å²) in [5.74, 6) is 0. The van der Waals surface area contributed by atoms with Crippen molar-refractivity contribution in [2.24, 2.45) is 0 Å². The number of hydrogen-bond acceptors (Lipinski definition) is 2. The Morgan fingerprint density at radius 2 is 1.94 bits per heavy atom. The zero-order chi connectivity index (χ0) is 13.1. The minimum Gasteiger partial charge on any atom is -0.398 e. The lowest BCUT2D eigenvalue weighted by Gasteiger charge is -2.14. The highest BCUT2D eigenvalue weighted by molar-refractivity contribution is 9.10. The van der Waals surface area contributed by atoms with Gasteiger partial charge in [-0.2, -0.15) is 0 Å². The van der Waals surface area contributed by atoms with E-state index in [0.29, 0.717) is 17.1 Å². The number of benzene rings is 2. The predicted molar refractivity (Wildman–Crippen MR) is 78.7 cm³/mol. The number of halogens is 2. The van der Waals surface area contributed by atoms with Crippen LogP contribution in [0.3, 0.4) is 0 Å². The lowest BCUT2D eigenvalue weighted by molar-refractivity contribution is 0.179. The number of anilines is 1. The van der Waals surface area contributed by atoms with Gasteiger partial charge in [0.05, 0.1) is 6.10 Å². The first-order valence-electron chi connectivity index (χ1n) is 5.54. The molecule has 0 saturated heterocycles. The Balaban J connectivity index is 2.21. The number of aliphatic hydroxyl groups is 1. The maximum Gasteiger partial charge on any atom is 0.0850 e. The van der Waals surface area contributed by atoms with Crippen LogP contribution in [0.25, 0.3) is 0 Å². The molecule has 4 heteroatoms. The second-order valence-electron chi connectivity index (χ2n) is 4.08. The highest BCUT2D eigenvalue weighted by atomic mass is 79.9. The number of hydrogen-bond donors (Lipinski definition) is 2. The van der Waals surface area contributed by atoms with E-state index in [0.717, 1.165) is 15.6 Å². The van der Waals surface area contributed by atoms with Gasteiger partial charge in [-0.1, -0.05) is 51.8 Å². The zero-order valence-corrected chi connectivity index (χ0v) is 11.9. The van der Waals surface area contributed by atoms with Crippen molar-refractivity contribution in [1.29, 1.82) is 0 Å². The molecule has 0 aliphatic heterocycles. The Kier molecular flexibility index (Phi) is 4.27. The molecule has 2 aromatic carbocycles. The van der Waals surface area contributed by atoms with Crippen LogP contribution in [0.1, 0.15) is 17.2 Å². The lowest BCUT2D eigenvalue weighted by atomic mass is 10.00. The van der Waals surface area contributed by atoms with Gasteiger partial charge in [-0.3, -0.25) is 0 Å². The van der Waals surface area contributed by atoms with Crippen molar-refractivity contribution in [3.8, 4) is 0 Å². The smallest absolute Gasteiger partial charge is 0.0850 e. The van der Waals surface area contributed by atoms with Gasteiger partial charge in [0.25, 0.3) is 0 Å². The third kappa shape index (κ3) is 3.05. The highest BCUT2D eigenvalue weighted by Gasteiger charge is 2.13. The molecular weight excluding hydrogens is 314 g/mol. The Hall–Kier alpha value is -1.03. The van der Waals surface area contributed by atoms with Gasteiger partial charge in [-0.25, -0.2) is 0 Å². The molecule has 0 bridgehead atoms. The molecule has 2 rings (SSSR count). The molecule has 0 fully saturated rings. The summed E-state index contributed by atoms with van der Waals surface area (Å²) < 4.78 is 0.921. The molecule has 0 aliphatic rings. The van der Waals surface area contributed by atoms with Gasteiger partial charge in [-0.05, 0) is 23.8 Å². The fourth-order valence-electron chi connectivity index (χ4n) is 1.82. The van der Waals surface area contributed by atoms with E-state index in [1.54, 1.807) is 6.07 Å². The van der Waals surface area contributed by atoms with Crippen LogP contribution >= 0.6 is 27.5 Å². The van der Waals surface area contributed by atoms with Gasteiger partial charge in [0.1, 0.15) is 0 Å². The highest BCUT2D eigenvalue weighted by Crippen LogP contribution is 2.28. The van der Waals surface area contributed by atoms with Crippen molar-refractivity contribution in [3.05, 3.63) is 63.1 Å². The second kappa shape index (κ2) is 5.74. The minimum absolute atomic E-state index is 0.445. The van der Waals surface area contributed by atoms with E-state index >= 15 is 0 Å². The molecule has 0 aliphatic carbocycles. The van der Waals surface area contributed by atoms with Crippen LogP contribution in [0.4, 0.5) is 5.69 Å². The summed E-state index contributed by atoms with van der Waals surface area (Å²) in [6.45, 7) is 0. The maximum atomic E-state index is 10.2. The molecule has 0 heterocycles. The Labute approximate surface area is 120 Å². The van der Waals surface area contributed by atoms with Gasteiger partial charge in [0.2, 0.25) is 0 Å². The SMILES string of the molecule is Nc1ccccc1C(O)Cc1ccc(Br)cc1Cl. The van der Waals surface area contributed by atoms with E-state index in [1.807, 2.05) is 36.4 Å². The van der Waals surface area contributed by atoms with E-state index in [-0.39, 0.29) is 0 Å². The molecule has 94 valence electrons. The van der Waals surface area contributed by atoms with Crippen molar-refractivity contribution < 1.29 is 5.11 Å². The van der Waals surface area contributed by atoms with Crippen molar-refractivity contribution in [2.45, 2.75) is 12.5 Å². The molecule has 1 unspecified atom stereocenters. The molecule has 2 nitrogen and oxygen atoms in total. The third-order valence-corrected chi connectivity index (χ3v) is 3.63. The monoisotopic (exact) mass is 325 g/mol. The average molecular weight is 327 g/mol. The summed E-state index contributed by atoms with van der Waals surface area (Å²) in [5, 5.41) is 10.8. The lowest BCUT2D eigenvalue weighted by Crippen LogP contribution is -2.05. The van der Waals surface area contributed by atoms with Crippen LogP contribution in [0.15, 0.2) is 46.9 Å². The normalized spacial score (nSPS) is 12.4. The maximum absolute atomic E-state index is 10.2. The quantitative estimate of drug-likeness (QED) is 0.839. The molecule has 0 spiro atoms. The molecule has 2 aromatic rings. The van der Waals surface area contributed by atoms with E-state index in [2.05, 4.69) is 15.9 Å². The van der Waals surface area contributed by atoms with Crippen molar-refractivity contribution in [1.82, 2.24) is 0 Å². The number of rotatable bonds is 3. The van der Waals surface area contributed by atoms with E-state index in [1.165, 1.54) is 0 Å². The largest absolute Gasteiger partial charge is 0.398 e. The number of nitrogens with two attached hydrogens (primary N) is 1. The Morgan fingerprint density at radius 3 is 2.61 bits per heavy atom. The summed E-state index contributed by atoms with van der Waals surface area (Å²) in [5.41, 5.74) is 8.06. The van der Waals surface area contributed by atoms with E-state index in [9.17, 15) is 5.11 Å². The third-order valence-electron chi connectivity index (χ3n) is 2.78. The first-order valence-corrected chi connectivity index (χ1v) is 6.71. The van der Waals surface area contributed by atoms with Crippen LogP contribution in [-0.2, 0) is 6.42 Å². The predicted octanol–water partition coefficient (Wildman–Crippen LogP) is 3.96. The van der Waals surface area contributed by atoms with Crippen LogP contribution in [0.5, 0.6) is 0 Å². The van der Waals surface area contributed by atoms with Crippen LogP contribution in [0.2, 0.25) is 5.02 Å². The summed E-state index contributed by atoms with van der Waals surface area (Å²) >= 11 is 9.48. The van der Waals surface area contributed by atoms with Gasteiger partial charge < -0.3 is 10.8 Å². The number of nitrogen functional groups attached to an aromatic ring is 1. The second-order valence-corrected chi connectivity index (χ2v) is 5.41. The van der Waals surface area contributed by atoms with Gasteiger partial charge in [-0.15, -0.1) is 0 Å². The standard InChI is InChI=1S/C14H13BrClNO/c15-10-6-5-9(12(16)8-10)7-14(18)11-3-1-2-4-13(11)17/h1-6,8,14,18H,7,17H2. The molecular formula is C14H13BrClNO. The van der Waals surface area contributed by atoms with Gasteiger partial charge in [0.15, 0.2) is 0 Å². The average Bonchev–Trinajstić information content (AvgIpc) is 2.33. The minimum atomic E-state index is -0.648. The number of para-hydroxylation sites is 1. The summed E-state index contributed by atoms with van der Waals surface area (Å²) in [4.78, 5) is 0. The van der Waals surface area contributed by atoms with Crippen molar-refractivity contribution in [2.75, 3.05) is 5.73 Å². The zero-order valence-electron chi connectivity index (χ0n) is 9.61. The first-order chi connectivity index (χ1) is 8.58. The molecule has 0 saturated carbocycles. The topological polar surface area (TPSA) is 46.2 Å². The molecule has 18 heavy (non-hydrogen) atoms. The molecule has 0 radical (unpaired) electrons. The van der Waals surface area contributed by atoms with Crippen molar-refractivity contribution in [3.63, 3.8) is 0 Å². The molecule has 1 atom stereocenters. The van der Waals surface area contributed by atoms with Crippen LogP contribution in [0, 0.1) is 0 Å². The van der Waals surface area contributed by atoms with Gasteiger partial charge >= 0.3 is 0 Å². The summed E-state index contributed by atoms with van der Waals surface area (Å²) in [6.07, 6.45) is -0.203. The summed E-state index contributed by atoms with van der Waals surface area (Å²) in [6, 6.07) is 12.9. The van der Waals surface area contributed by atoms with E-state index < -0.39 is 6.10 Å². The molecule has 0 amide bonds. The van der Waals surface area contributed by atoms with Crippen LogP contribution in [-0.4, -0.2) is 5.11 Å². The Morgan fingerprint density at radius 1 is 1.22 bits per heavy atom. The van der Waals surface area contributed by atoms with Gasteiger partial charge in [0, 0.05) is 27.2 Å².